The van der Waals surface area contributed by atoms with Gasteiger partial charge in [-0.25, -0.2) is 0 Å². The minimum atomic E-state index is 0.724. The highest BCUT2D eigenvalue weighted by atomic mass is 15.3. The minimum absolute atomic E-state index is 0.724. The van der Waals surface area contributed by atoms with Crippen LogP contribution in [0.2, 0.25) is 0 Å². The van der Waals surface area contributed by atoms with Crippen LogP contribution in [-0.4, -0.2) is 34.5 Å². The van der Waals surface area contributed by atoms with E-state index in [1.54, 1.807) is 0 Å². The maximum absolute atomic E-state index is 4.32. The fraction of sp³-hybridized carbons (Fsp3) is 0.786. The topological polar surface area (TPSA) is 33.1 Å². The molecule has 2 aliphatic heterocycles. The van der Waals surface area contributed by atoms with Crippen molar-refractivity contribution in [2.24, 2.45) is 7.05 Å². The predicted molar refractivity (Wildman–Crippen MR) is 73.8 cm³/mol. The van der Waals surface area contributed by atoms with Crippen molar-refractivity contribution in [3.05, 3.63) is 12.4 Å². The fourth-order valence-corrected chi connectivity index (χ4v) is 3.66. The number of aryl methyl sites for hydroxylation is 1. The van der Waals surface area contributed by atoms with E-state index in [4.69, 9.17) is 0 Å². The van der Waals surface area contributed by atoms with E-state index in [9.17, 15) is 0 Å². The Labute approximate surface area is 109 Å². The van der Waals surface area contributed by atoms with E-state index in [0.29, 0.717) is 0 Å². The quantitative estimate of drug-likeness (QED) is 0.883. The third-order valence-corrected chi connectivity index (χ3v) is 4.41. The summed E-state index contributed by atoms with van der Waals surface area (Å²) >= 11 is 0. The Morgan fingerprint density at radius 2 is 2.06 bits per heavy atom. The molecule has 2 fully saturated rings. The number of nitrogens with one attached hydrogen (secondary N) is 1. The minimum Gasteiger partial charge on any atom is -0.363 e. The van der Waals surface area contributed by atoms with Crippen molar-refractivity contribution in [3.63, 3.8) is 0 Å². The molecule has 3 heterocycles. The lowest BCUT2D eigenvalue weighted by atomic mass is 9.97. The molecule has 100 valence electrons. The molecule has 3 rings (SSSR count). The van der Waals surface area contributed by atoms with Crippen LogP contribution in [0.4, 0.5) is 5.69 Å². The van der Waals surface area contributed by atoms with Gasteiger partial charge in [0, 0.05) is 31.4 Å². The van der Waals surface area contributed by atoms with Crippen molar-refractivity contribution < 1.29 is 0 Å². The summed E-state index contributed by atoms with van der Waals surface area (Å²) in [5, 5.41) is 8.02. The van der Waals surface area contributed by atoms with Gasteiger partial charge in [0.1, 0.15) is 0 Å². The van der Waals surface area contributed by atoms with E-state index >= 15 is 0 Å². The zero-order chi connectivity index (χ0) is 12.5. The lowest BCUT2D eigenvalue weighted by Crippen LogP contribution is -2.49. The molecule has 4 heteroatoms. The molecule has 1 aromatic heterocycles. The van der Waals surface area contributed by atoms with E-state index in [0.717, 1.165) is 24.7 Å². The molecule has 0 radical (unpaired) electrons. The standard InChI is InChI=1S/C14H24N4/c1-3-6-15-11-7-12-4-5-13(8-11)18(12)14-9-16-17(2)10-14/h9-13,15H,3-8H2,1-2H3. The van der Waals surface area contributed by atoms with Crippen molar-refractivity contribution in [2.45, 2.75) is 57.2 Å². The number of nitrogens with zero attached hydrogens (tertiary/aromatic N) is 3. The molecule has 0 amide bonds. The van der Waals surface area contributed by atoms with Crippen molar-refractivity contribution in [1.82, 2.24) is 15.1 Å². The van der Waals surface area contributed by atoms with Crippen molar-refractivity contribution >= 4 is 5.69 Å². The normalized spacial score (nSPS) is 31.0. The zero-order valence-electron chi connectivity index (χ0n) is 11.5. The monoisotopic (exact) mass is 248 g/mol. The molecule has 2 atom stereocenters. The van der Waals surface area contributed by atoms with Crippen LogP contribution in [0.1, 0.15) is 39.0 Å². The predicted octanol–water partition coefficient (Wildman–Crippen LogP) is 1.92. The van der Waals surface area contributed by atoms with Crippen LogP contribution < -0.4 is 10.2 Å². The third-order valence-electron chi connectivity index (χ3n) is 4.41. The lowest BCUT2D eigenvalue weighted by Gasteiger charge is -2.40. The molecule has 1 N–H and O–H groups in total. The van der Waals surface area contributed by atoms with Crippen molar-refractivity contribution in [2.75, 3.05) is 11.4 Å². The van der Waals surface area contributed by atoms with Gasteiger partial charge >= 0.3 is 0 Å². The Morgan fingerprint density at radius 3 is 2.61 bits per heavy atom. The first-order valence-electron chi connectivity index (χ1n) is 7.28. The number of rotatable bonds is 4. The number of hydrogen-bond donors (Lipinski definition) is 1. The fourth-order valence-electron chi connectivity index (χ4n) is 3.66. The van der Waals surface area contributed by atoms with Gasteiger partial charge in [0.05, 0.1) is 11.9 Å². The van der Waals surface area contributed by atoms with E-state index in [2.05, 4.69) is 28.4 Å². The van der Waals surface area contributed by atoms with Gasteiger partial charge in [0.2, 0.25) is 0 Å². The Kier molecular flexibility index (Phi) is 3.29. The van der Waals surface area contributed by atoms with E-state index in [1.165, 1.54) is 37.8 Å². The summed E-state index contributed by atoms with van der Waals surface area (Å²) in [4.78, 5) is 2.62. The maximum atomic E-state index is 4.32. The summed E-state index contributed by atoms with van der Waals surface area (Å²) < 4.78 is 1.91. The summed E-state index contributed by atoms with van der Waals surface area (Å²) in [6, 6.07) is 2.18. The first-order chi connectivity index (χ1) is 8.78. The van der Waals surface area contributed by atoms with E-state index in [1.807, 2.05) is 17.9 Å². The summed E-state index contributed by atoms with van der Waals surface area (Å²) in [5.41, 5.74) is 1.32. The van der Waals surface area contributed by atoms with Crippen LogP contribution in [0.25, 0.3) is 0 Å². The van der Waals surface area contributed by atoms with Gasteiger partial charge in [-0.15, -0.1) is 0 Å². The number of aromatic nitrogens is 2. The molecule has 1 aromatic rings. The maximum Gasteiger partial charge on any atom is 0.0757 e. The average molecular weight is 248 g/mol. The molecular weight excluding hydrogens is 224 g/mol. The highest BCUT2D eigenvalue weighted by molar-refractivity contribution is 5.47. The number of hydrogen-bond acceptors (Lipinski definition) is 3. The molecule has 2 unspecified atom stereocenters. The molecule has 0 spiro atoms. The van der Waals surface area contributed by atoms with Crippen LogP contribution >= 0.6 is 0 Å². The highest BCUT2D eigenvalue weighted by Gasteiger charge is 2.40. The molecule has 2 aliphatic rings. The Bertz CT molecular complexity index is 386. The molecule has 0 saturated carbocycles. The second kappa shape index (κ2) is 4.92. The first kappa shape index (κ1) is 12.0. The molecule has 2 bridgehead atoms. The smallest absolute Gasteiger partial charge is 0.0757 e. The molecule has 4 nitrogen and oxygen atoms in total. The van der Waals surface area contributed by atoms with Crippen LogP contribution in [0, 0.1) is 0 Å². The SMILES string of the molecule is CCCNC1CC2CCC(C1)N2c1cnn(C)c1. The second-order valence-electron chi connectivity index (χ2n) is 5.79. The summed E-state index contributed by atoms with van der Waals surface area (Å²) in [7, 11) is 2.00. The van der Waals surface area contributed by atoms with Gasteiger partial charge in [-0.2, -0.15) is 5.10 Å². The Hall–Kier alpha value is -1.03. The van der Waals surface area contributed by atoms with Gasteiger partial charge in [0.25, 0.3) is 0 Å². The van der Waals surface area contributed by atoms with Crippen molar-refractivity contribution in [1.29, 1.82) is 0 Å². The molecule has 18 heavy (non-hydrogen) atoms. The summed E-state index contributed by atoms with van der Waals surface area (Å²) in [6.07, 6.45) is 10.7. The van der Waals surface area contributed by atoms with Gasteiger partial charge in [0.15, 0.2) is 0 Å². The van der Waals surface area contributed by atoms with E-state index in [-0.39, 0.29) is 0 Å². The lowest BCUT2D eigenvalue weighted by molar-refractivity contribution is 0.356. The van der Waals surface area contributed by atoms with Crippen LogP contribution in [0.3, 0.4) is 0 Å². The largest absolute Gasteiger partial charge is 0.363 e. The number of piperidine rings is 1. The molecule has 0 aromatic carbocycles. The van der Waals surface area contributed by atoms with Crippen LogP contribution in [0.15, 0.2) is 12.4 Å². The van der Waals surface area contributed by atoms with E-state index < -0.39 is 0 Å². The Balaban J connectivity index is 1.69. The van der Waals surface area contributed by atoms with Crippen molar-refractivity contribution in [3.8, 4) is 0 Å². The number of anilines is 1. The summed E-state index contributed by atoms with van der Waals surface area (Å²) in [6.45, 7) is 3.41. The third kappa shape index (κ3) is 2.14. The van der Waals surface area contributed by atoms with Gasteiger partial charge in [-0.05, 0) is 38.6 Å². The highest BCUT2D eigenvalue weighted by Crippen LogP contribution is 2.39. The number of fused-ring (bicyclic) bond motifs is 2. The first-order valence-corrected chi connectivity index (χ1v) is 7.28. The second-order valence-corrected chi connectivity index (χ2v) is 5.79. The molecule has 0 aliphatic carbocycles. The molecular formula is C14H24N4. The van der Waals surface area contributed by atoms with Crippen LogP contribution in [0.5, 0.6) is 0 Å². The summed E-state index contributed by atoms with van der Waals surface area (Å²) in [5.74, 6) is 0. The van der Waals surface area contributed by atoms with Crippen LogP contribution in [-0.2, 0) is 7.05 Å². The Morgan fingerprint density at radius 1 is 1.33 bits per heavy atom. The average Bonchev–Trinajstić information content (AvgIpc) is 2.88. The van der Waals surface area contributed by atoms with Gasteiger partial charge in [-0.3, -0.25) is 4.68 Å². The molecule has 2 saturated heterocycles. The van der Waals surface area contributed by atoms with Gasteiger partial charge < -0.3 is 10.2 Å². The zero-order valence-corrected chi connectivity index (χ0v) is 11.5. The van der Waals surface area contributed by atoms with Gasteiger partial charge in [-0.1, -0.05) is 6.92 Å².